The first-order valence-electron chi connectivity index (χ1n) is 8.67. The first kappa shape index (κ1) is 19.6. The molecule has 30 heavy (non-hydrogen) atoms. The molecule has 0 saturated carbocycles. The zero-order valence-corrected chi connectivity index (χ0v) is 16.1. The second-order valence-electron chi connectivity index (χ2n) is 6.46. The summed E-state index contributed by atoms with van der Waals surface area (Å²) in [4.78, 5) is 25.1. The SMILES string of the molecule is NS(=O)(=O)c1ccc(-n2cccc2C=C2C(=O)NN(c3ccc(F)cc3)C2=O)cc1. The van der Waals surface area contributed by atoms with E-state index < -0.39 is 27.7 Å². The van der Waals surface area contributed by atoms with E-state index in [1.807, 2.05) is 0 Å². The summed E-state index contributed by atoms with van der Waals surface area (Å²) in [5.41, 5.74) is 3.82. The van der Waals surface area contributed by atoms with Crippen molar-refractivity contribution in [2.75, 3.05) is 5.01 Å². The molecule has 4 rings (SSSR count). The van der Waals surface area contributed by atoms with Crippen molar-refractivity contribution in [2.45, 2.75) is 4.90 Å². The molecule has 0 aliphatic carbocycles. The third kappa shape index (κ3) is 3.61. The largest absolute Gasteiger partial charge is 0.317 e. The Bertz CT molecular complexity index is 1280. The Balaban J connectivity index is 1.66. The van der Waals surface area contributed by atoms with E-state index in [-0.39, 0.29) is 10.5 Å². The van der Waals surface area contributed by atoms with Crippen LogP contribution in [0.1, 0.15) is 5.69 Å². The number of carbonyl (C=O) groups excluding carboxylic acids is 2. The van der Waals surface area contributed by atoms with E-state index in [4.69, 9.17) is 5.14 Å². The van der Waals surface area contributed by atoms with Crippen molar-refractivity contribution in [1.29, 1.82) is 0 Å². The number of halogens is 1. The number of primary sulfonamides is 1. The molecule has 1 aliphatic rings. The summed E-state index contributed by atoms with van der Waals surface area (Å²) in [6, 6.07) is 14.4. The molecule has 0 radical (unpaired) electrons. The quantitative estimate of drug-likeness (QED) is 0.488. The highest BCUT2D eigenvalue weighted by Crippen LogP contribution is 2.23. The third-order valence-electron chi connectivity index (χ3n) is 4.49. The molecule has 3 N–H and O–H groups in total. The molecule has 2 aromatic carbocycles. The van der Waals surface area contributed by atoms with Crippen LogP contribution in [0.5, 0.6) is 0 Å². The first-order chi connectivity index (χ1) is 14.2. The van der Waals surface area contributed by atoms with Gasteiger partial charge in [0, 0.05) is 17.6 Å². The molecule has 1 saturated heterocycles. The summed E-state index contributed by atoms with van der Waals surface area (Å²) in [7, 11) is -3.81. The van der Waals surface area contributed by atoms with Crippen molar-refractivity contribution in [1.82, 2.24) is 9.99 Å². The normalized spacial score (nSPS) is 15.7. The van der Waals surface area contributed by atoms with Crippen molar-refractivity contribution in [3.8, 4) is 5.69 Å². The number of amides is 2. The molecule has 2 amide bonds. The van der Waals surface area contributed by atoms with Crippen molar-refractivity contribution in [2.24, 2.45) is 5.14 Å². The lowest BCUT2D eigenvalue weighted by Crippen LogP contribution is -2.35. The molecule has 0 bridgehead atoms. The standard InChI is InChI=1S/C20H15FN4O4S/c21-13-3-5-15(6-4-13)25-20(27)18(19(26)23-25)12-16-2-1-11-24(16)14-7-9-17(10-8-14)30(22,28)29/h1-12H,(H,23,26)(H2,22,28,29). The molecule has 152 valence electrons. The van der Waals surface area contributed by atoms with Gasteiger partial charge in [0.2, 0.25) is 10.0 Å². The van der Waals surface area contributed by atoms with Crippen LogP contribution in [0.4, 0.5) is 10.1 Å². The molecule has 8 nitrogen and oxygen atoms in total. The molecular weight excluding hydrogens is 411 g/mol. The lowest BCUT2D eigenvalue weighted by Gasteiger charge is -2.14. The molecular formula is C20H15FN4O4S. The zero-order valence-electron chi connectivity index (χ0n) is 15.3. The predicted molar refractivity (Wildman–Crippen MR) is 107 cm³/mol. The van der Waals surface area contributed by atoms with E-state index in [9.17, 15) is 22.4 Å². The molecule has 0 spiro atoms. The number of aromatic nitrogens is 1. The van der Waals surface area contributed by atoms with E-state index in [1.165, 1.54) is 42.5 Å². The molecule has 10 heteroatoms. The summed E-state index contributed by atoms with van der Waals surface area (Å²) in [5, 5.41) is 6.16. The second-order valence-corrected chi connectivity index (χ2v) is 8.02. The number of sulfonamides is 1. The fourth-order valence-electron chi connectivity index (χ4n) is 3.02. The van der Waals surface area contributed by atoms with Crippen LogP contribution in [-0.2, 0) is 19.6 Å². The molecule has 0 atom stereocenters. The molecule has 0 unspecified atom stereocenters. The van der Waals surface area contributed by atoms with Crippen LogP contribution in [0, 0.1) is 5.82 Å². The van der Waals surface area contributed by atoms with E-state index >= 15 is 0 Å². The van der Waals surface area contributed by atoms with E-state index in [1.54, 1.807) is 35.0 Å². The number of nitrogens with one attached hydrogen (secondary N) is 1. The fourth-order valence-corrected chi connectivity index (χ4v) is 3.54. The van der Waals surface area contributed by atoms with Crippen LogP contribution >= 0.6 is 0 Å². The number of hydrogen-bond donors (Lipinski definition) is 2. The maximum atomic E-state index is 13.1. The number of hydrogen-bond acceptors (Lipinski definition) is 4. The van der Waals surface area contributed by atoms with Gasteiger partial charge in [0.05, 0.1) is 10.6 Å². The smallest absolute Gasteiger partial charge is 0.282 e. The van der Waals surface area contributed by atoms with Gasteiger partial charge in [-0.1, -0.05) is 0 Å². The number of benzene rings is 2. The summed E-state index contributed by atoms with van der Waals surface area (Å²) in [6.45, 7) is 0. The van der Waals surface area contributed by atoms with Gasteiger partial charge < -0.3 is 4.57 Å². The van der Waals surface area contributed by atoms with Crippen molar-refractivity contribution in [3.63, 3.8) is 0 Å². The average Bonchev–Trinajstić information content (AvgIpc) is 3.28. The van der Waals surface area contributed by atoms with Crippen LogP contribution in [-0.4, -0.2) is 24.8 Å². The van der Waals surface area contributed by atoms with Gasteiger partial charge in [-0.25, -0.2) is 23.0 Å². The molecule has 1 aromatic heterocycles. The van der Waals surface area contributed by atoms with Crippen LogP contribution in [0.3, 0.4) is 0 Å². The number of rotatable bonds is 4. The number of hydrazine groups is 1. The third-order valence-corrected chi connectivity index (χ3v) is 5.42. The molecule has 1 aliphatic heterocycles. The average molecular weight is 426 g/mol. The van der Waals surface area contributed by atoms with Gasteiger partial charge in [0.15, 0.2) is 0 Å². The Labute approximate surface area is 171 Å². The predicted octanol–water partition coefficient (Wildman–Crippen LogP) is 1.73. The number of anilines is 1. The van der Waals surface area contributed by atoms with Gasteiger partial charge in [-0.15, -0.1) is 0 Å². The molecule has 2 heterocycles. The summed E-state index contributed by atoms with van der Waals surface area (Å²) in [5.74, 6) is -1.63. The maximum absolute atomic E-state index is 13.1. The summed E-state index contributed by atoms with van der Waals surface area (Å²) in [6.07, 6.45) is 3.13. The van der Waals surface area contributed by atoms with Crippen LogP contribution in [0.25, 0.3) is 11.8 Å². The van der Waals surface area contributed by atoms with E-state index in [0.29, 0.717) is 17.1 Å². The lowest BCUT2D eigenvalue weighted by atomic mass is 10.2. The number of nitrogens with zero attached hydrogens (tertiary/aromatic N) is 2. The van der Waals surface area contributed by atoms with Gasteiger partial charge in [0.25, 0.3) is 11.8 Å². The van der Waals surface area contributed by atoms with Crippen molar-refractivity contribution < 1.29 is 22.4 Å². The number of nitrogens with two attached hydrogens (primary N) is 1. The molecule has 1 fully saturated rings. The minimum Gasteiger partial charge on any atom is -0.317 e. The van der Waals surface area contributed by atoms with Gasteiger partial charge in [-0.2, -0.15) is 0 Å². The Morgan fingerprint density at radius 1 is 0.933 bits per heavy atom. The van der Waals surface area contributed by atoms with Crippen LogP contribution < -0.4 is 15.6 Å². The Kier molecular flexibility index (Phi) is 4.72. The monoisotopic (exact) mass is 426 g/mol. The van der Waals surface area contributed by atoms with E-state index in [2.05, 4.69) is 5.43 Å². The van der Waals surface area contributed by atoms with E-state index in [0.717, 1.165) is 5.01 Å². The Morgan fingerprint density at radius 2 is 1.57 bits per heavy atom. The highest BCUT2D eigenvalue weighted by Gasteiger charge is 2.34. The van der Waals surface area contributed by atoms with Crippen molar-refractivity contribution in [3.05, 3.63) is 83.9 Å². The van der Waals surface area contributed by atoms with Gasteiger partial charge in [-0.3, -0.25) is 15.0 Å². The van der Waals surface area contributed by atoms with Gasteiger partial charge >= 0.3 is 0 Å². The fraction of sp³-hybridized carbons (Fsp3) is 0. The minimum atomic E-state index is -3.81. The Morgan fingerprint density at radius 3 is 2.20 bits per heavy atom. The van der Waals surface area contributed by atoms with Crippen LogP contribution in [0.15, 0.2) is 77.3 Å². The van der Waals surface area contributed by atoms with Gasteiger partial charge in [0.1, 0.15) is 11.4 Å². The second kappa shape index (κ2) is 7.25. The topological polar surface area (TPSA) is 114 Å². The zero-order chi connectivity index (χ0) is 21.5. The number of carbonyl (C=O) groups is 2. The summed E-state index contributed by atoms with van der Waals surface area (Å²) >= 11 is 0. The van der Waals surface area contributed by atoms with Crippen molar-refractivity contribution >= 4 is 33.6 Å². The first-order valence-corrected chi connectivity index (χ1v) is 10.2. The van der Waals surface area contributed by atoms with Crippen LogP contribution in [0.2, 0.25) is 0 Å². The minimum absolute atomic E-state index is 0.0291. The summed E-state index contributed by atoms with van der Waals surface area (Å²) < 4.78 is 37.6. The Hall–Kier alpha value is -3.76. The lowest BCUT2D eigenvalue weighted by molar-refractivity contribution is -0.117. The van der Waals surface area contributed by atoms with Gasteiger partial charge in [-0.05, 0) is 66.7 Å². The highest BCUT2D eigenvalue weighted by molar-refractivity contribution is 7.89. The molecule has 3 aromatic rings. The maximum Gasteiger partial charge on any atom is 0.282 e. The highest BCUT2D eigenvalue weighted by atomic mass is 32.2.